The summed E-state index contributed by atoms with van der Waals surface area (Å²) in [6.07, 6.45) is 6.61. The fourth-order valence-corrected chi connectivity index (χ4v) is 23.2. The molecule has 640 valence electrons. The Morgan fingerprint density at radius 1 is 0.381 bits per heavy atom. The first-order valence-electron chi connectivity index (χ1n) is 40.8. The molecule has 9 aromatic carbocycles. The number of anilines is 4. The molecule has 5 fully saturated rings. The Labute approximate surface area is 736 Å². The maximum atomic E-state index is 6.19. The standard InChI is InChI=1S/2C21H27N2.C15H10.C12H24N3O3P.C12H16O.C10H12O.C7H8.CH4.4ClH.2Ru/c2*1-14-9-16(3)20(17(4)10-14)22-7-8-23(13-22)21-18(5)11-15(2)12-19(21)6;1-2-6-12(7-3-1)15-11-10-13-8-4-5-9-14(13)15;1-7-16-8-2-13(1)19(14-3-9-17-10-4-14)15-5-11-18-12-6-15;1-4-7-11-8-5-6-9-12(11)13-10(2)3;1-8(2)11-10-7-5-4-6-9(10)3;1-7-5-3-2-4-6-7;;;;;;;/h2*9-13H,7-8H2,1-6H3;1-9,11H;1-12H2;4-10H,1-3H3;3-8H,1-2H3;2-6H,1H3;1H4;4*1H;;/q2*-1;;;;;;;;;;;2*+2/p-3. The number of halogens is 4. The second-order valence-corrected chi connectivity index (χ2v) is 45.0. The third-order valence-electron chi connectivity index (χ3n) is 20.3. The van der Waals surface area contributed by atoms with Crippen LogP contribution in [0.15, 0.2) is 194 Å². The zero-order chi connectivity index (χ0) is 84.2. The third kappa shape index (κ3) is 28.9. The average molecular weight is 1870 g/mol. The van der Waals surface area contributed by atoms with Gasteiger partial charge in [0.25, 0.3) is 0 Å². The van der Waals surface area contributed by atoms with Gasteiger partial charge in [0, 0.05) is 54.5 Å². The molecule has 0 atom stereocenters. The summed E-state index contributed by atoms with van der Waals surface area (Å²) in [5.41, 5.74) is 30.0. The number of hydrogen-bond acceptors (Lipinski definition) is 12. The maximum absolute atomic E-state index is 6.19. The number of benzene rings is 9. The van der Waals surface area contributed by atoms with E-state index in [4.69, 9.17) is 62.4 Å². The van der Waals surface area contributed by atoms with E-state index in [0.29, 0.717) is 0 Å². The molecule has 5 heterocycles. The van der Waals surface area contributed by atoms with Gasteiger partial charge in [0.1, 0.15) is 5.75 Å². The molecule has 19 heteroatoms. The first-order valence-corrected chi connectivity index (χ1v) is 53.0. The van der Waals surface area contributed by atoms with Gasteiger partial charge in [-0.2, -0.15) is 13.3 Å². The van der Waals surface area contributed by atoms with E-state index in [-0.39, 0.29) is 19.6 Å². The summed E-state index contributed by atoms with van der Waals surface area (Å²) < 4.78 is 38.8. The molecule has 0 bridgehead atoms. The molecule has 0 radical (unpaired) electrons. The second-order valence-electron chi connectivity index (χ2n) is 31.0. The summed E-state index contributed by atoms with van der Waals surface area (Å²) in [4.78, 5) is 9.62. The van der Waals surface area contributed by atoms with Crippen molar-refractivity contribution >= 4 is 90.3 Å². The molecule has 6 aliphatic rings. The van der Waals surface area contributed by atoms with E-state index in [1.54, 1.807) is 0 Å². The van der Waals surface area contributed by atoms with E-state index in [0.717, 1.165) is 132 Å². The van der Waals surface area contributed by atoms with Gasteiger partial charge in [-0.3, -0.25) is 0 Å². The molecule has 0 saturated carbocycles. The zero-order valence-corrected chi connectivity index (χ0v) is 79.6. The number of hydrogen-bond donors (Lipinski definition) is 0. The summed E-state index contributed by atoms with van der Waals surface area (Å²) >= 11 is -3.65. The summed E-state index contributed by atoms with van der Waals surface area (Å²) in [6.45, 7) is 59.0. The molecular weight excluding hydrogens is 1740 g/mol. The summed E-state index contributed by atoms with van der Waals surface area (Å²) in [5, 5.41) is 0. The van der Waals surface area contributed by atoms with E-state index in [9.17, 15) is 0 Å². The predicted octanol–water partition coefficient (Wildman–Crippen LogP) is 24.2. The van der Waals surface area contributed by atoms with Gasteiger partial charge in [-0.05, 0) is 161 Å². The van der Waals surface area contributed by atoms with Gasteiger partial charge in [-0.1, -0.05) is 144 Å². The third-order valence-corrected chi connectivity index (χ3v) is 28.3. The summed E-state index contributed by atoms with van der Waals surface area (Å²) in [7, 11) is 23.2. The molecule has 5 saturated heterocycles. The van der Waals surface area contributed by atoms with Crippen LogP contribution in [0.4, 0.5) is 22.7 Å². The SMILES string of the molecule is C.C1CN([PH+](N2CCOCC2)N2CCOCC2)CCO1.CC(C)Oc1ccccc1[CH]=[Ru]([Cl])[Cl].CC=Cc1ccccc1OC(C)C.Cc1cc(C)c(N2[CH-]N(c3c(C)cc(C)cc3C)CC2)c(C)c1.Cc1cc(C)c(N2[CH-]N(c3c(C)cc(C)cc3C)CC2)c(C)c1.Cc1ccccc1.[Cl][Ru]([Cl])=[C]1C=C(c2ccccc2)c2ccccc21. The van der Waals surface area contributed by atoms with Crippen molar-refractivity contribution in [3.8, 4) is 11.5 Å². The van der Waals surface area contributed by atoms with E-state index >= 15 is 0 Å². The minimum absolute atomic E-state index is 0. The van der Waals surface area contributed by atoms with Crippen LogP contribution in [-0.4, -0.2) is 140 Å². The molecule has 12 nitrogen and oxygen atoms in total. The Hall–Kier alpha value is -6.40. The molecule has 0 N–H and O–H groups in total. The molecule has 5 aliphatic heterocycles. The number of ether oxygens (including phenoxy) is 5. The van der Waals surface area contributed by atoms with Gasteiger partial charge in [0.15, 0.2) is 0 Å². The monoisotopic (exact) mass is 1870 g/mol. The van der Waals surface area contributed by atoms with Crippen LogP contribution in [0.3, 0.4) is 0 Å². The first kappa shape index (κ1) is 97.0. The molecular formula is C99H129Cl4N7O5PRu2-. The van der Waals surface area contributed by atoms with Crippen LogP contribution >= 0.6 is 47.1 Å². The first-order chi connectivity index (χ1) is 56.2. The second kappa shape index (κ2) is 49.0. The number of para-hydroxylation sites is 2. The van der Waals surface area contributed by atoms with Crippen molar-refractivity contribution in [1.82, 2.24) is 14.0 Å². The topological polar surface area (TPSA) is 68.8 Å². The minimum atomic E-state index is -1.88. The van der Waals surface area contributed by atoms with Crippen molar-refractivity contribution in [2.45, 2.75) is 144 Å². The van der Waals surface area contributed by atoms with E-state index in [2.05, 4.69) is 246 Å². The fourth-order valence-electron chi connectivity index (χ4n) is 15.9. The molecule has 0 amide bonds. The van der Waals surface area contributed by atoms with Gasteiger partial charge in [0.2, 0.25) is 8.37 Å². The Bertz CT molecular complexity index is 4400. The van der Waals surface area contributed by atoms with Crippen molar-refractivity contribution in [1.29, 1.82) is 0 Å². The number of allylic oxidation sites excluding steroid dienone is 2. The zero-order valence-electron chi connectivity index (χ0n) is 72.1. The van der Waals surface area contributed by atoms with Crippen LogP contribution in [0.2, 0.25) is 0 Å². The quantitative estimate of drug-likeness (QED) is 0.0592. The van der Waals surface area contributed by atoms with Crippen LogP contribution in [0, 0.1) is 103 Å². The summed E-state index contributed by atoms with van der Waals surface area (Å²) in [5.74, 6) is 1.80. The molecule has 15 rings (SSSR count). The molecule has 9 aromatic rings. The van der Waals surface area contributed by atoms with Crippen LogP contribution < -0.4 is 29.1 Å². The van der Waals surface area contributed by atoms with Crippen LogP contribution in [0.1, 0.15) is 142 Å². The van der Waals surface area contributed by atoms with E-state index in [1.165, 1.54) is 117 Å². The molecule has 118 heavy (non-hydrogen) atoms. The Morgan fingerprint density at radius 2 is 0.686 bits per heavy atom. The van der Waals surface area contributed by atoms with Gasteiger partial charge >= 0.3 is 218 Å². The van der Waals surface area contributed by atoms with Gasteiger partial charge in [0.05, 0.1) is 85.0 Å². The van der Waals surface area contributed by atoms with E-state index in [1.807, 2.05) is 130 Å². The normalized spacial score (nSPS) is 15.6. The van der Waals surface area contributed by atoms with Crippen molar-refractivity contribution < 1.29 is 50.7 Å². The van der Waals surface area contributed by atoms with Crippen molar-refractivity contribution in [2.75, 3.05) is 125 Å². The number of aryl methyl sites for hydroxylation is 13. The molecule has 0 unspecified atom stereocenters. The van der Waals surface area contributed by atoms with Crippen molar-refractivity contribution in [3.05, 3.63) is 308 Å². The number of morpholine rings is 3. The average Bonchev–Trinajstić information content (AvgIpc) is 1.66. The van der Waals surface area contributed by atoms with Crippen molar-refractivity contribution in [2.24, 2.45) is 0 Å². The number of fused-ring (bicyclic) bond motifs is 1. The number of rotatable bonds is 14. The Morgan fingerprint density at radius 3 is 1.00 bits per heavy atom. The van der Waals surface area contributed by atoms with Gasteiger partial charge < -0.3 is 38.5 Å². The number of nitrogens with zero attached hydrogens (tertiary/aromatic N) is 7. The predicted molar refractivity (Wildman–Crippen MR) is 506 cm³/mol. The fraction of sp³-hybridized carbons (Fsp3) is 0.374. The van der Waals surface area contributed by atoms with Gasteiger partial charge in [-0.25, -0.2) is 0 Å². The van der Waals surface area contributed by atoms with E-state index < -0.39 is 35.4 Å². The van der Waals surface area contributed by atoms with Gasteiger partial charge in [-0.15, -0.1) is 14.0 Å². The van der Waals surface area contributed by atoms with Crippen LogP contribution in [0.5, 0.6) is 11.5 Å². The van der Waals surface area contributed by atoms with Crippen LogP contribution in [0.25, 0.3) is 11.6 Å². The Kier molecular flexibility index (Phi) is 40.3. The molecule has 1 aliphatic carbocycles. The van der Waals surface area contributed by atoms with Crippen molar-refractivity contribution in [3.63, 3.8) is 0 Å². The molecule has 0 spiro atoms. The Balaban J connectivity index is 0.000000175. The molecule has 0 aromatic heterocycles. The summed E-state index contributed by atoms with van der Waals surface area (Å²) in [6, 6.07) is 63.0. The van der Waals surface area contributed by atoms with Crippen LogP contribution in [-0.2, 0) is 41.2 Å².